The molecule has 0 saturated heterocycles. The number of rotatable bonds is 5. The molecule has 0 radical (unpaired) electrons. The number of hydrogen-bond acceptors (Lipinski definition) is 6. The Kier molecular flexibility index (Phi) is 5.48. The number of benzene rings is 1. The molecule has 1 amide bonds. The van der Waals surface area contributed by atoms with Crippen molar-refractivity contribution in [3.63, 3.8) is 0 Å². The fraction of sp³-hybridized carbons (Fsp3) is 0.393. The number of hydrogen-bond donors (Lipinski definition) is 2. The van der Waals surface area contributed by atoms with E-state index in [1.54, 1.807) is 10.7 Å². The van der Waals surface area contributed by atoms with Crippen LogP contribution >= 0.6 is 0 Å². The summed E-state index contributed by atoms with van der Waals surface area (Å²) < 4.78 is 13.9. The van der Waals surface area contributed by atoms with Crippen molar-refractivity contribution in [2.45, 2.75) is 66.1 Å². The van der Waals surface area contributed by atoms with Crippen LogP contribution in [0.1, 0.15) is 77.5 Å². The molecule has 4 heterocycles. The molecule has 8 heteroatoms. The average Bonchev–Trinajstić information content (AvgIpc) is 3.41. The number of fused-ring (bicyclic) bond motifs is 2. The molecule has 0 spiro atoms. The molecule has 0 aliphatic carbocycles. The van der Waals surface area contributed by atoms with Crippen LogP contribution in [0.4, 0.5) is 5.82 Å². The summed E-state index contributed by atoms with van der Waals surface area (Å²) in [5.41, 5.74) is 12.4. The highest BCUT2D eigenvalue weighted by atomic mass is 16.5. The van der Waals surface area contributed by atoms with Gasteiger partial charge in [-0.25, -0.2) is 4.98 Å². The predicted molar refractivity (Wildman–Crippen MR) is 139 cm³/mol. The summed E-state index contributed by atoms with van der Waals surface area (Å²) in [4.78, 5) is 17.3. The second kappa shape index (κ2) is 8.20. The molecule has 188 valence electrons. The van der Waals surface area contributed by atoms with Crippen LogP contribution in [0.3, 0.4) is 0 Å². The van der Waals surface area contributed by atoms with E-state index < -0.39 is 0 Å². The Morgan fingerprint density at radius 3 is 2.42 bits per heavy atom. The molecule has 1 aromatic carbocycles. The number of furan rings is 1. The van der Waals surface area contributed by atoms with Crippen LogP contribution < -0.4 is 10.9 Å². The van der Waals surface area contributed by atoms with Gasteiger partial charge >= 0.3 is 5.91 Å². The van der Waals surface area contributed by atoms with Crippen molar-refractivity contribution in [1.82, 2.24) is 20.2 Å². The summed E-state index contributed by atoms with van der Waals surface area (Å²) in [5, 5.41) is 5.45. The lowest BCUT2D eigenvalue weighted by atomic mass is 9.86. The van der Waals surface area contributed by atoms with Gasteiger partial charge in [-0.2, -0.15) is 5.10 Å². The topological polar surface area (TPSA) is 94.2 Å². The van der Waals surface area contributed by atoms with Gasteiger partial charge in [0, 0.05) is 18.9 Å². The van der Waals surface area contributed by atoms with Gasteiger partial charge in [0.15, 0.2) is 11.4 Å². The molecule has 0 bridgehead atoms. The molecule has 2 N–H and O–H groups in total. The van der Waals surface area contributed by atoms with Crippen LogP contribution in [-0.2, 0) is 29.4 Å². The number of pyridine rings is 1. The van der Waals surface area contributed by atoms with Crippen LogP contribution in [0, 0.1) is 20.8 Å². The van der Waals surface area contributed by atoms with Gasteiger partial charge in [0.2, 0.25) is 0 Å². The number of ether oxygens (including phenoxy) is 1. The summed E-state index contributed by atoms with van der Waals surface area (Å²) in [7, 11) is 1.85. The van der Waals surface area contributed by atoms with Gasteiger partial charge in [-0.15, -0.1) is 0 Å². The number of carbonyl (C=O) groups excluding carboxylic acids is 1. The largest absolute Gasteiger partial charge is 0.456 e. The lowest BCUT2D eigenvalue weighted by molar-refractivity contribution is -0.105. The second-order valence-electron chi connectivity index (χ2n) is 10.7. The van der Waals surface area contributed by atoms with Crippen molar-refractivity contribution in [2.75, 3.05) is 5.43 Å². The minimum absolute atomic E-state index is 0.232. The van der Waals surface area contributed by atoms with Crippen molar-refractivity contribution < 1.29 is 13.9 Å². The van der Waals surface area contributed by atoms with Crippen molar-refractivity contribution in [1.29, 1.82) is 0 Å². The Morgan fingerprint density at radius 1 is 1.00 bits per heavy atom. The molecular formula is C28H33N5O3. The summed E-state index contributed by atoms with van der Waals surface area (Å²) in [6, 6.07) is 9.86. The van der Waals surface area contributed by atoms with Crippen molar-refractivity contribution >= 4 is 22.8 Å². The number of carbonyl (C=O) groups is 1. The van der Waals surface area contributed by atoms with Gasteiger partial charge in [-0.1, -0.05) is 12.1 Å². The normalized spacial score (nSPS) is 15.8. The third-order valence-corrected chi connectivity index (χ3v) is 7.00. The number of anilines is 1. The number of hydrazine groups is 1. The molecule has 0 saturated carbocycles. The first-order valence-electron chi connectivity index (χ1n) is 12.2. The zero-order valence-corrected chi connectivity index (χ0v) is 22.2. The highest BCUT2D eigenvalue weighted by Crippen LogP contribution is 2.47. The zero-order valence-electron chi connectivity index (χ0n) is 22.2. The Hall–Kier alpha value is -3.65. The monoisotopic (exact) mass is 487 g/mol. The lowest BCUT2D eigenvalue weighted by Gasteiger charge is -2.24. The molecule has 4 aromatic rings. The summed E-state index contributed by atoms with van der Waals surface area (Å²) in [5.74, 6) is 1.11. The zero-order chi connectivity index (χ0) is 26.0. The molecule has 0 atom stereocenters. The Balaban J connectivity index is 1.30. The number of amides is 1. The second-order valence-corrected chi connectivity index (χ2v) is 10.7. The van der Waals surface area contributed by atoms with Gasteiger partial charge in [-0.05, 0) is 94.5 Å². The smallest absolute Gasteiger partial charge is 0.305 e. The first-order chi connectivity index (χ1) is 16.9. The minimum Gasteiger partial charge on any atom is -0.456 e. The van der Waals surface area contributed by atoms with Gasteiger partial charge in [0.1, 0.15) is 11.6 Å². The van der Waals surface area contributed by atoms with E-state index in [4.69, 9.17) is 9.15 Å². The van der Waals surface area contributed by atoms with Crippen LogP contribution in [-0.4, -0.2) is 20.7 Å². The van der Waals surface area contributed by atoms with Crippen LogP contribution in [0.2, 0.25) is 0 Å². The van der Waals surface area contributed by atoms with Crippen molar-refractivity contribution in [3.05, 3.63) is 75.4 Å². The van der Waals surface area contributed by atoms with E-state index in [-0.39, 0.29) is 22.9 Å². The van der Waals surface area contributed by atoms with Crippen molar-refractivity contribution in [3.8, 4) is 0 Å². The van der Waals surface area contributed by atoms with E-state index in [1.807, 2.05) is 33.0 Å². The Labute approximate surface area is 211 Å². The maximum atomic E-state index is 12.8. The summed E-state index contributed by atoms with van der Waals surface area (Å²) in [6.45, 7) is 14.5. The third-order valence-electron chi connectivity index (χ3n) is 7.00. The van der Waals surface area contributed by atoms with Gasteiger partial charge in [0.05, 0.1) is 16.9 Å². The number of aromatic nitrogens is 3. The van der Waals surface area contributed by atoms with Gasteiger partial charge in [0.25, 0.3) is 0 Å². The molecule has 0 fully saturated rings. The number of nitrogens with zero attached hydrogens (tertiary/aromatic N) is 3. The Bertz CT molecular complexity index is 1510. The van der Waals surface area contributed by atoms with Gasteiger partial charge < -0.3 is 9.15 Å². The molecule has 5 rings (SSSR count). The maximum Gasteiger partial charge on any atom is 0.305 e. The SMILES string of the molecule is Cc1cc2c(cc1Cc1ccc(C(=O)NNc3cc(C)c4c(C)nn(C)c4n3)o1)C(C)(C)OC2(C)C. The molecule has 8 nitrogen and oxygen atoms in total. The highest BCUT2D eigenvalue weighted by Gasteiger charge is 2.43. The lowest BCUT2D eigenvalue weighted by Crippen LogP contribution is -2.29. The highest BCUT2D eigenvalue weighted by molar-refractivity contribution is 5.92. The predicted octanol–water partition coefficient (Wildman–Crippen LogP) is 5.33. The maximum absolute atomic E-state index is 12.8. The van der Waals surface area contributed by atoms with E-state index >= 15 is 0 Å². The molecule has 36 heavy (non-hydrogen) atoms. The van der Waals surface area contributed by atoms with E-state index in [0.717, 1.165) is 33.6 Å². The van der Waals surface area contributed by atoms with Crippen LogP contribution in [0.5, 0.6) is 0 Å². The van der Waals surface area contributed by atoms with E-state index in [9.17, 15) is 4.79 Å². The van der Waals surface area contributed by atoms with E-state index in [0.29, 0.717) is 12.2 Å². The van der Waals surface area contributed by atoms with Crippen LogP contribution in [0.15, 0.2) is 34.7 Å². The summed E-state index contributed by atoms with van der Waals surface area (Å²) in [6.07, 6.45) is 0.591. The van der Waals surface area contributed by atoms with Gasteiger partial charge in [-0.3, -0.25) is 20.3 Å². The number of aryl methyl sites for hydroxylation is 4. The third kappa shape index (κ3) is 4.05. The first-order valence-corrected chi connectivity index (χ1v) is 12.2. The minimum atomic E-state index is -0.371. The number of nitrogens with one attached hydrogen (secondary N) is 2. The molecule has 1 aliphatic heterocycles. The van der Waals surface area contributed by atoms with E-state index in [1.165, 1.54) is 16.7 Å². The molecule has 3 aromatic heterocycles. The van der Waals surface area contributed by atoms with Crippen molar-refractivity contribution in [2.24, 2.45) is 7.05 Å². The summed E-state index contributed by atoms with van der Waals surface area (Å²) >= 11 is 0. The molecule has 0 unspecified atom stereocenters. The Morgan fingerprint density at radius 2 is 1.69 bits per heavy atom. The fourth-order valence-corrected chi connectivity index (χ4v) is 5.38. The molecule has 1 aliphatic rings. The first kappa shape index (κ1) is 24.1. The standard InChI is InChI=1S/C28H33N5O3/c1-15-11-20-21(28(6,7)36-27(20,4)5)14-18(15)13-19-9-10-22(35-19)26(34)31-30-23-12-16(2)24-17(3)32-33(8)25(24)29-23/h9-12,14H,13H2,1-8H3,(H,29,30)(H,31,34). The molecular weight excluding hydrogens is 454 g/mol. The quantitative estimate of drug-likeness (QED) is 0.369. The average molecular weight is 488 g/mol. The fourth-order valence-electron chi connectivity index (χ4n) is 5.38. The van der Waals surface area contributed by atoms with Crippen LogP contribution in [0.25, 0.3) is 11.0 Å². The van der Waals surface area contributed by atoms with E-state index in [2.05, 4.69) is 67.7 Å².